The predicted octanol–water partition coefficient (Wildman–Crippen LogP) is 1.84. The normalized spacial score (nSPS) is 10.7. The molecular weight excluding hydrogens is 232 g/mol. The van der Waals surface area contributed by atoms with E-state index in [0.29, 0.717) is 22.6 Å². The second kappa shape index (κ2) is 5.25. The first-order chi connectivity index (χ1) is 8.78. The summed E-state index contributed by atoms with van der Waals surface area (Å²) in [4.78, 5) is 0. The Kier molecular flexibility index (Phi) is 3.69. The number of aliphatic hydroxyl groups excluding tert-OH is 2. The van der Waals surface area contributed by atoms with E-state index in [4.69, 9.17) is 9.47 Å². The molecule has 4 heteroatoms. The van der Waals surface area contributed by atoms with Crippen LogP contribution in [0.1, 0.15) is 11.1 Å². The van der Waals surface area contributed by atoms with Gasteiger partial charge >= 0.3 is 0 Å². The Morgan fingerprint density at radius 1 is 0.833 bits per heavy atom. The van der Waals surface area contributed by atoms with Crippen LogP contribution in [0, 0.1) is 0 Å². The van der Waals surface area contributed by atoms with Gasteiger partial charge in [0.1, 0.15) is 0 Å². The van der Waals surface area contributed by atoms with Crippen LogP contribution in [0.25, 0.3) is 10.8 Å². The lowest BCUT2D eigenvalue weighted by atomic mass is 9.97. The maximum Gasteiger partial charge on any atom is 0.168 e. The molecule has 0 saturated heterocycles. The molecule has 0 aliphatic heterocycles. The van der Waals surface area contributed by atoms with E-state index in [1.807, 2.05) is 24.3 Å². The molecule has 2 N–H and O–H groups in total. The summed E-state index contributed by atoms with van der Waals surface area (Å²) in [6.45, 7) is -0.364. The molecule has 0 aliphatic rings. The van der Waals surface area contributed by atoms with Crippen LogP contribution in [0.5, 0.6) is 11.5 Å². The van der Waals surface area contributed by atoms with E-state index in [1.54, 1.807) is 7.11 Å². The van der Waals surface area contributed by atoms with Crippen molar-refractivity contribution in [3.63, 3.8) is 0 Å². The number of benzene rings is 2. The molecule has 2 aromatic rings. The minimum atomic E-state index is -0.208. The van der Waals surface area contributed by atoms with Crippen molar-refractivity contribution >= 4 is 10.8 Å². The zero-order valence-electron chi connectivity index (χ0n) is 10.4. The summed E-state index contributed by atoms with van der Waals surface area (Å²) in [7, 11) is 3.08. The third kappa shape index (κ3) is 1.79. The van der Waals surface area contributed by atoms with Crippen molar-refractivity contribution in [3.8, 4) is 11.5 Å². The molecule has 2 aromatic carbocycles. The lowest BCUT2D eigenvalue weighted by Gasteiger charge is -2.18. The van der Waals surface area contributed by atoms with Gasteiger partial charge in [-0.2, -0.15) is 0 Å². The van der Waals surface area contributed by atoms with Crippen LogP contribution in [0.4, 0.5) is 0 Å². The molecule has 0 saturated carbocycles. The molecule has 4 nitrogen and oxygen atoms in total. The molecule has 0 aliphatic carbocycles. The van der Waals surface area contributed by atoms with E-state index in [9.17, 15) is 10.2 Å². The number of rotatable bonds is 4. The number of hydrogen-bond acceptors (Lipinski definition) is 4. The molecule has 0 unspecified atom stereocenters. The van der Waals surface area contributed by atoms with Crippen LogP contribution in [-0.4, -0.2) is 24.4 Å². The summed E-state index contributed by atoms with van der Waals surface area (Å²) < 4.78 is 10.7. The topological polar surface area (TPSA) is 58.9 Å². The van der Waals surface area contributed by atoms with E-state index in [2.05, 4.69) is 0 Å². The first kappa shape index (κ1) is 12.7. The first-order valence-electron chi connectivity index (χ1n) is 5.64. The fourth-order valence-corrected chi connectivity index (χ4v) is 2.27. The summed E-state index contributed by atoms with van der Waals surface area (Å²) in [6.07, 6.45) is 0. The van der Waals surface area contributed by atoms with Crippen molar-refractivity contribution in [1.82, 2.24) is 0 Å². The number of ether oxygens (including phenoxy) is 2. The third-order valence-electron chi connectivity index (χ3n) is 3.07. The predicted molar refractivity (Wildman–Crippen MR) is 68.9 cm³/mol. The van der Waals surface area contributed by atoms with Gasteiger partial charge in [0.2, 0.25) is 0 Å². The highest BCUT2D eigenvalue weighted by molar-refractivity contribution is 5.94. The van der Waals surface area contributed by atoms with Crippen molar-refractivity contribution < 1.29 is 19.7 Å². The van der Waals surface area contributed by atoms with Crippen molar-refractivity contribution in [1.29, 1.82) is 0 Å². The van der Waals surface area contributed by atoms with Gasteiger partial charge < -0.3 is 19.7 Å². The van der Waals surface area contributed by atoms with Crippen LogP contribution < -0.4 is 9.47 Å². The van der Waals surface area contributed by atoms with Gasteiger partial charge in [-0.25, -0.2) is 0 Å². The van der Waals surface area contributed by atoms with Crippen LogP contribution in [-0.2, 0) is 13.2 Å². The Labute approximate surface area is 105 Å². The van der Waals surface area contributed by atoms with Crippen molar-refractivity contribution in [2.24, 2.45) is 0 Å². The number of fused-ring (bicyclic) bond motifs is 1. The number of hydrogen-bond donors (Lipinski definition) is 2. The van der Waals surface area contributed by atoms with E-state index in [-0.39, 0.29) is 13.2 Å². The molecule has 0 amide bonds. The molecule has 0 radical (unpaired) electrons. The molecule has 0 spiro atoms. The molecule has 96 valence electrons. The van der Waals surface area contributed by atoms with Gasteiger partial charge in [0.25, 0.3) is 0 Å². The molecule has 18 heavy (non-hydrogen) atoms. The van der Waals surface area contributed by atoms with Gasteiger partial charge in [0.05, 0.1) is 27.4 Å². The molecule has 2 rings (SSSR count). The average Bonchev–Trinajstić information content (AvgIpc) is 2.44. The molecule has 0 atom stereocenters. The fourth-order valence-electron chi connectivity index (χ4n) is 2.27. The first-order valence-corrected chi connectivity index (χ1v) is 5.64. The Hall–Kier alpha value is -1.78. The molecule has 0 bridgehead atoms. The Balaban J connectivity index is 2.94. The summed E-state index contributed by atoms with van der Waals surface area (Å²) in [5, 5.41) is 20.7. The summed E-state index contributed by atoms with van der Waals surface area (Å²) >= 11 is 0. The van der Waals surface area contributed by atoms with Gasteiger partial charge in [-0.3, -0.25) is 0 Å². The summed E-state index contributed by atoms with van der Waals surface area (Å²) in [5.41, 5.74) is 1.24. The summed E-state index contributed by atoms with van der Waals surface area (Å²) in [6, 6.07) is 7.57. The van der Waals surface area contributed by atoms with Crippen LogP contribution in [0.15, 0.2) is 24.3 Å². The Morgan fingerprint density at radius 2 is 1.39 bits per heavy atom. The largest absolute Gasteiger partial charge is 0.492 e. The second-order valence-electron chi connectivity index (χ2n) is 3.89. The maximum atomic E-state index is 9.52. The zero-order chi connectivity index (χ0) is 13.1. The third-order valence-corrected chi connectivity index (χ3v) is 3.07. The van der Waals surface area contributed by atoms with Crippen LogP contribution in [0.3, 0.4) is 0 Å². The standard InChI is InChI=1S/C14H16O4/c1-17-13-10-6-4-3-5-9(10)11(7-15)12(8-16)14(13)18-2/h3-6,15-16H,7-8H2,1-2H3. The Morgan fingerprint density at radius 3 is 1.89 bits per heavy atom. The average molecular weight is 248 g/mol. The maximum absolute atomic E-state index is 9.52. The van der Waals surface area contributed by atoms with E-state index >= 15 is 0 Å². The fraction of sp³-hybridized carbons (Fsp3) is 0.286. The minimum absolute atomic E-state index is 0.156. The molecule has 0 fully saturated rings. The molecule has 0 aromatic heterocycles. The summed E-state index contributed by atoms with van der Waals surface area (Å²) in [5.74, 6) is 1.05. The van der Waals surface area contributed by atoms with Gasteiger partial charge in [-0.15, -0.1) is 0 Å². The van der Waals surface area contributed by atoms with Gasteiger partial charge in [0, 0.05) is 10.9 Å². The smallest absolute Gasteiger partial charge is 0.168 e. The lowest BCUT2D eigenvalue weighted by molar-refractivity contribution is 0.252. The van der Waals surface area contributed by atoms with Crippen molar-refractivity contribution in [2.45, 2.75) is 13.2 Å². The zero-order valence-corrected chi connectivity index (χ0v) is 10.4. The van der Waals surface area contributed by atoms with E-state index in [1.165, 1.54) is 7.11 Å². The monoisotopic (exact) mass is 248 g/mol. The highest BCUT2D eigenvalue weighted by atomic mass is 16.5. The van der Waals surface area contributed by atoms with E-state index < -0.39 is 0 Å². The molecular formula is C14H16O4. The van der Waals surface area contributed by atoms with Crippen LogP contribution in [0.2, 0.25) is 0 Å². The SMILES string of the molecule is COc1c(CO)c(CO)c2ccccc2c1OC. The molecule has 0 heterocycles. The van der Waals surface area contributed by atoms with Crippen molar-refractivity contribution in [2.75, 3.05) is 14.2 Å². The number of aliphatic hydroxyl groups is 2. The minimum Gasteiger partial charge on any atom is -0.492 e. The lowest BCUT2D eigenvalue weighted by Crippen LogP contribution is -2.03. The van der Waals surface area contributed by atoms with Gasteiger partial charge in [-0.1, -0.05) is 24.3 Å². The van der Waals surface area contributed by atoms with Crippen molar-refractivity contribution in [3.05, 3.63) is 35.4 Å². The highest BCUT2D eigenvalue weighted by Crippen LogP contribution is 2.41. The van der Waals surface area contributed by atoms with E-state index in [0.717, 1.165) is 10.8 Å². The number of methoxy groups -OCH3 is 2. The highest BCUT2D eigenvalue weighted by Gasteiger charge is 2.19. The van der Waals surface area contributed by atoms with Gasteiger partial charge in [0.15, 0.2) is 11.5 Å². The quantitative estimate of drug-likeness (QED) is 0.866. The second-order valence-corrected chi connectivity index (χ2v) is 3.89. The Bertz CT molecular complexity index is 513. The van der Waals surface area contributed by atoms with Crippen LogP contribution >= 0.6 is 0 Å². The van der Waals surface area contributed by atoms with Gasteiger partial charge in [-0.05, 0) is 10.9 Å².